The minimum Gasteiger partial charge on any atom is -0.393 e. The first-order chi connectivity index (χ1) is 15.9. The van der Waals surface area contributed by atoms with Crippen molar-refractivity contribution in [3.8, 4) is 0 Å². The molecule has 0 spiro atoms. The zero-order valence-electron chi connectivity index (χ0n) is 18.0. The summed E-state index contributed by atoms with van der Waals surface area (Å²) < 4.78 is 1.61. The second-order valence-corrected chi connectivity index (χ2v) is 11.4. The predicted octanol–water partition coefficient (Wildman–Crippen LogP) is 4.99. The van der Waals surface area contributed by atoms with E-state index in [-0.39, 0.29) is 29.9 Å². The largest absolute Gasteiger partial charge is 0.393 e. The number of benzene rings is 1. The van der Waals surface area contributed by atoms with Crippen molar-refractivity contribution in [3.05, 3.63) is 72.7 Å². The standard InChI is InChI=1S/C24H24BrClN4O2S/c1-12-6-15(8-19(12)31)30-24-18(10-27-11-29-24)22(32)20-9-17(23(26)33-20)21-16-7-14(25)3-2-13(16)4-5-28-21/h2-3,7,9-12,15,19,21,28,31H,4-6,8H2,1H3,(H,27,29,30)/t12-,15-,19-,21-/m1/s1. The minimum atomic E-state index is -0.340. The number of hydrogen-bond donors (Lipinski definition) is 3. The number of halogens is 2. The zero-order valence-corrected chi connectivity index (χ0v) is 21.2. The fraction of sp³-hybridized carbons (Fsp3) is 0.375. The maximum atomic E-state index is 13.5. The summed E-state index contributed by atoms with van der Waals surface area (Å²) in [5.41, 5.74) is 3.78. The van der Waals surface area contributed by atoms with Crippen LogP contribution in [0.3, 0.4) is 0 Å². The van der Waals surface area contributed by atoms with Crippen molar-refractivity contribution in [2.45, 2.75) is 44.4 Å². The molecule has 3 aromatic rings. The van der Waals surface area contributed by atoms with Gasteiger partial charge in [-0.1, -0.05) is 40.5 Å². The first-order valence-corrected chi connectivity index (χ1v) is 13.0. The molecule has 3 N–H and O–H groups in total. The number of thiophene rings is 1. The predicted molar refractivity (Wildman–Crippen MR) is 134 cm³/mol. The summed E-state index contributed by atoms with van der Waals surface area (Å²) in [5.74, 6) is 0.554. The second-order valence-electron chi connectivity index (χ2n) is 8.79. The second kappa shape index (κ2) is 9.43. The van der Waals surface area contributed by atoms with E-state index in [1.54, 1.807) is 6.20 Å². The lowest BCUT2D eigenvalue weighted by Gasteiger charge is -2.27. The zero-order chi connectivity index (χ0) is 23.1. The fourth-order valence-electron chi connectivity index (χ4n) is 4.77. The van der Waals surface area contributed by atoms with Crippen LogP contribution in [0.2, 0.25) is 4.34 Å². The Balaban J connectivity index is 1.43. The van der Waals surface area contributed by atoms with Crippen LogP contribution in [-0.4, -0.2) is 39.5 Å². The molecule has 172 valence electrons. The Morgan fingerprint density at radius 2 is 2.15 bits per heavy atom. The Morgan fingerprint density at radius 1 is 1.30 bits per heavy atom. The lowest BCUT2D eigenvalue weighted by Crippen LogP contribution is -2.30. The van der Waals surface area contributed by atoms with Gasteiger partial charge >= 0.3 is 0 Å². The molecule has 2 aromatic heterocycles. The number of nitrogens with one attached hydrogen (secondary N) is 2. The molecule has 1 aromatic carbocycles. The molecule has 1 aliphatic heterocycles. The molecule has 1 fully saturated rings. The molecule has 4 atom stereocenters. The summed E-state index contributed by atoms with van der Waals surface area (Å²) in [6.45, 7) is 2.88. The smallest absolute Gasteiger partial charge is 0.208 e. The highest BCUT2D eigenvalue weighted by molar-refractivity contribution is 9.10. The first kappa shape index (κ1) is 22.9. The number of aliphatic hydroxyl groups excluding tert-OH is 1. The Bertz CT molecular complexity index is 1190. The molecule has 0 unspecified atom stereocenters. The van der Waals surface area contributed by atoms with Crippen molar-refractivity contribution in [2.24, 2.45) is 5.92 Å². The molecule has 0 radical (unpaired) electrons. The van der Waals surface area contributed by atoms with Gasteiger partial charge in [0.05, 0.1) is 26.9 Å². The van der Waals surface area contributed by atoms with Gasteiger partial charge in [0.15, 0.2) is 0 Å². The van der Waals surface area contributed by atoms with E-state index in [9.17, 15) is 9.90 Å². The van der Waals surface area contributed by atoms with E-state index in [0.29, 0.717) is 27.0 Å². The van der Waals surface area contributed by atoms with Crippen LogP contribution < -0.4 is 10.6 Å². The molecule has 1 aliphatic carbocycles. The molecule has 3 heterocycles. The number of anilines is 1. The number of aromatic nitrogens is 2. The number of aliphatic hydroxyl groups is 1. The van der Waals surface area contributed by atoms with Gasteiger partial charge in [0.1, 0.15) is 12.1 Å². The maximum Gasteiger partial charge on any atom is 0.208 e. The summed E-state index contributed by atoms with van der Waals surface area (Å²) in [6, 6.07) is 8.20. The number of hydrogen-bond acceptors (Lipinski definition) is 7. The highest BCUT2D eigenvalue weighted by atomic mass is 79.9. The Labute approximate surface area is 209 Å². The molecule has 5 rings (SSSR count). The number of nitrogens with zero attached hydrogens (tertiary/aromatic N) is 2. The van der Waals surface area contributed by atoms with Gasteiger partial charge < -0.3 is 15.7 Å². The topological polar surface area (TPSA) is 87.1 Å². The first-order valence-electron chi connectivity index (χ1n) is 11.0. The molecule has 33 heavy (non-hydrogen) atoms. The minimum absolute atomic E-state index is 0.0670. The maximum absolute atomic E-state index is 13.5. The van der Waals surface area contributed by atoms with Crippen molar-refractivity contribution in [3.63, 3.8) is 0 Å². The van der Waals surface area contributed by atoms with Gasteiger partial charge in [-0.05, 0) is 54.5 Å². The van der Waals surface area contributed by atoms with Crippen molar-refractivity contribution in [2.75, 3.05) is 11.9 Å². The number of carbonyl (C=O) groups excluding carboxylic acids is 1. The molecule has 0 amide bonds. The molecule has 0 saturated heterocycles. The van der Waals surface area contributed by atoms with Gasteiger partial charge in [0.25, 0.3) is 0 Å². The van der Waals surface area contributed by atoms with Crippen LogP contribution in [0.25, 0.3) is 0 Å². The summed E-state index contributed by atoms with van der Waals surface area (Å²) in [6.07, 6.45) is 5.06. The number of carbonyl (C=O) groups is 1. The van der Waals surface area contributed by atoms with Gasteiger partial charge in [-0.2, -0.15) is 0 Å². The van der Waals surface area contributed by atoms with Crippen LogP contribution >= 0.6 is 38.9 Å². The molecule has 9 heteroatoms. The molecular weight excluding hydrogens is 524 g/mol. The van der Waals surface area contributed by atoms with E-state index < -0.39 is 0 Å². The lowest BCUT2D eigenvalue weighted by atomic mass is 9.91. The third kappa shape index (κ3) is 4.59. The molecule has 0 bridgehead atoms. The number of ketones is 1. The van der Waals surface area contributed by atoms with Gasteiger partial charge in [-0.3, -0.25) is 4.79 Å². The van der Waals surface area contributed by atoms with E-state index in [1.807, 2.05) is 13.0 Å². The summed E-state index contributed by atoms with van der Waals surface area (Å²) in [5, 5.41) is 17.0. The quantitative estimate of drug-likeness (QED) is 0.390. The van der Waals surface area contributed by atoms with E-state index in [0.717, 1.165) is 29.4 Å². The summed E-state index contributed by atoms with van der Waals surface area (Å²) in [4.78, 5) is 22.4. The van der Waals surface area contributed by atoms with Crippen molar-refractivity contribution in [1.29, 1.82) is 0 Å². The van der Waals surface area contributed by atoms with Crippen LogP contribution in [0, 0.1) is 5.92 Å². The Hall–Kier alpha value is -1.84. The molecular formula is C24H24BrClN4O2S. The van der Waals surface area contributed by atoms with Crippen molar-refractivity contribution in [1.82, 2.24) is 15.3 Å². The molecule has 2 aliphatic rings. The van der Waals surface area contributed by atoms with Crippen LogP contribution in [0.15, 0.2) is 41.3 Å². The summed E-state index contributed by atoms with van der Waals surface area (Å²) in [7, 11) is 0. The highest BCUT2D eigenvalue weighted by Gasteiger charge is 2.31. The van der Waals surface area contributed by atoms with E-state index in [4.69, 9.17) is 11.6 Å². The Morgan fingerprint density at radius 3 is 2.94 bits per heavy atom. The van der Waals surface area contributed by atoms with Gasteiger partial charge in [0.2, 0.25) is 5.78 Å². The normalized spacial score (nSPS) is 24.5. The van der Waals surface area contributed by atoms with Gasteiger partial charge in [-0.25, -0.2) is 9.97 Å². The van der Waals surface area contributed by atoms with Crippen LogP contribution in [0.1, 0.15) is 57.7 Å². The van der Waals surface area contributed by atoms with E-state index in [2.05, 4.69) is 54.7 Å². The lowest BCUT2D eigenvalue weighted by molar-refractivity contribution is 0.104. The fourth-order valence-corrected chi connectivity index (χ4v) is 6.44. The van der Waals surface area contributed by atoms with Crippen LogP contribution in [0.4, 0.5) is 5.82 Å². The average molecular weight is 548 g/mol. The van der Waals surface area contributed by atoms with Crippen molar-refractivity contribution < 1.29 is 9.90 Å². The van der Waals surface area contributed by atoms with Crippen LogP contribution in [0.5, 0.6) is 0 Å². The van der Waals surface area contributed by atoms with E-state index >= 15 is 0 Å². The summed E-state index contributed by atoms with van der Waals surface area (Å²) >= 11 is 11.5. The highest BCUT2D eigenvalue weighted by Crippen LogP contribution is 2.39. The molecule has 1 saturated carbocycles. The third-order valence-electron chi connectivity index (χ3n) is 6.55. The SMILES string of the molecule is C[C@@H]1C[C@@H](Nc2ncncc2C(=O)c2cc([C@@H]3NCCc4ccc(Br)cc43)c(Cl)s2)C[C@H]1O. The monoisotopic (exact) mass is 546 g/mol. The van der Waals surface area contributed by atoms with Crippen LogP contribution in [-0.2, 0) is 6.42 Å². The molecule has 6 nitrogen and oxygen atoms in total. The van der Waals surface area contributed by atoms with Gasteiger partial charge in [0, 0.05) is 28.8 Å². The number of fused-ring (bicyclic) bond motifs is 1. The number of rotatable bonds is 5. The van der Waals surface area contributed by atoms with Crippen molar-refractivity contribution >= 4 is 50.5 Å². The average Bonchev–Trinajstić information content (AvgIpc) is 3.34. The third-order valence-corrected chi connectivity index (χ3v) is 8.43. The Kier molecular flexibility index (Phi) is 6.55. The van der Waals surface area contributed by atoms with Gasteiger partial charge in [-0.15, -0.1) is 11.3 Å². The van der Waals surface area contributed by atoms with E-state index in [1.165, 1.54) is 28.8 Å².